The van der Waals surface area contributed by atoms with E-state index >= 15 is 0 Å². The number of rotatable bonds is 4. The zero-order chi connectivity index (χ0) is 16.2. The van der Waals surface area contributed by atoms with Gasteiger partial charge in [-0.25, -0.2) is 0 Å². The van der Waals surface area contributed by atoms with Gasteiger partial charge in [-0.2, -0.15) is 0 Å². The van der Waals surface area contributed by atoms with Crippen LogP contribution in [0, 0.1) is 0 Å². The Morgan fingerprint density at radius 2 is 1.83 bits per heavy atom. The van der Waals surface area contributed by atoms with E-state index in [1.165, 1.54) is 0 Å². The number of benzene rings is 2. The maximum atomic E-state index is 12.3. The van der Waals surface area contributed by atoms with Crippen LogP contribution in [0.3, 0.4) is 0 Å². The summed E-state index contributed by atoms with van der Waals surface area (Å²) in [6, 6.07) is 12.9. The van der Waals surface area contributed by atoms with Gasteiger partial charge < -0.3 is 20.5 Å². The molecular weight excluding hydrogens is 292 g/mol. The molecule has 2 aromatic carbocycles. The van der Waals surface area contributed by atoms with E-state index in [4.69, 9.17) is 15.2 Å². The smallest absolute Gasteiger partial charge is 0.251 e. The predicted molar refractivity (Wildman–Crippen MR) is 87.6 cm³/mol. The van der Waals surface area contributed by atoms with E-state index in [2.05, 4.69) is 5.32 Å². The molecule has 0 bridgehead atoms. The SMILES string of the molecule is CC(NC(=O)c1ccc(CN)cc1)c1ccc2c(c1)OCCO2. The Bertz CT molecular complexity index is 698. The fourth-order valence-electron chi connectivity index (χ4n) is 2.48. The fourth-order valence-corrected chi connectivity index (χ4v) is 2.48. The van der Waals surface area contributed by atoms with Gasteiger partial charge in [-0.15, -0.1) is 0 Å². The summed E-state index contributed by atoms with van der Waals surface area (Å²) in [5.41, 5.74) is 8.16. The molecule has 0 aromatic heterocycles. The molecule has 3 rings (SSSR count). The molecule has 1 amide bonds. The van der Waals surface area contributed by atoms with Crippen LogP contribution in [-0.4, -0.2) is 19.1 Å². The Morgan fingerprint density at radius 1 is 1.13 bits per heavy atom. The molecule has 1 heterocycles. The first-order chi connectivity index (χ1) is 11.2. The zero-order valence-corrected chi connectivity index (χ0v) is 13.0. The number of fused-ring (bicyclic) bond motifs is 1. The van der Waals surface area contributed by atoms with Crippen LogP contribution in [0.15, 0.2) is 42.5 Å². The second kappa shape index (κ2) is 6.71. The van der Waals surface area contributed by atoms with Crippen LogP contribution in [0.1, 0.15) is 34.5 Å². The first kappa shape index (κ1) is 15.4. The molecule has 0 aliphatic carbocycles. The molecule has 1 aliphatic rings. The first-order valence-corrected chi connectivity index (χ1v) is 7.67. The summed E-state index contributed by atoms with van der Waals surface area (Å²) >= 11 is 0. The van der Waals surface area contributed by atoms with E-state index in [0.717, 1.165) is 22.6 Å². The van der Waals surface area contributed by atoms with Crippen molar-refractivity contribution in [1.29, 1.82) is 0 Å². The molecule has 0 radical (unpaired) electrons. The number of amides is 1. The fraction of sp³-hybridized carbons (Fsp3) is 0.278. The van der Waals surface area contributed by atoms with Gasteiger partial charge in [0, 0.05) is 12.1 Å². The van der Waals surface area contributed by atoms with E-state index in [0.29, 0.717) is 25.3 Å². The van der Waals surface area contributed by atoms with Gasteiger partial charge in [-0.3, -0.25) is 4.79 Å². The zero-order valence-electron chi connectivity index (χ0n) is 13.0. The summed E-state index contributed by atoms with van der Waals surface area (Å²) in [6.45, 7) is 3.52. The molecule has 120 valence electrons. The summed E-state index contributed by atoms with van der Waals surface area (Å²) < 4.78 is 11.1. The van der Waals surface area contributed by atoms with Gasteiger partial charge in [-0.05, 0) is 42.3 Å². The van der Waals surface area contributed by atoms with Crippen LogP contribution in [0.2, 0.25) is 0 Å². The van der Waals surface area contributed by atoms with Crippen molar-refractivity contribution in [3.63, 3.8) is 0 Å². The maximum Gasteiger partial charge on any atom is 0.251 e. The number of hydrogen-bond acceptors (Lipinski definition) is 4. The van der Waals surface area contributed by atoms with Crippen molar-refractivity contribution in [3.8, 4) is 11.5 Å². The molecule has 1 atom stereocenters. The third kappa shape index (κ3) is 3.46. The number of nitrogens with two attached hydrogens (primary N) is 1. The lowest BCUT2D eigenvalue weighted by Crippen LogP contribution is -2.26. The molecule has 0 fully saturated rings. The number of nitrogens with one attached hydrogen (secondary N) is 1. The van der Waals surface area contributed by atoms with Crippen LogP contribution in [0.5, 0.6) is 11.5 Å². The number of hydrogen-bond donors (Lipinski definition) is 2. The Balaban J connectivity index is 1.70. The van der Waals surface area contributed by atoms with Gasteiger partial charge >= 0.3 is 0 Å². The average molecular weight is 312 g/mol. The Kier molecular flexibility index (Phi) is 4.48. The summed E-state index contributed by atoms with van der Waals surface area (Å²) in [7, 11) is 0. The van der Waals surface area contributed by atoms with Crippen molar-refractivity contribution in [2.24, 2.45) is 5.73 Å². The summed E-state index contributed by atoms with van der Waals surface area (Å²) in [4.78, 5) is 12.3. The highest BCUT2D eigenvalue weighted by Crippen LogP contribution is 2.32. The minimum Gasteiger partial charge on any atom is -0.486 e. The second-order valence-electron chi connectivity index (χ2n) is 5.50. The first-order valence-electron chi connectivity index (χ1n) is 7.67. The molecule has 2 aromatic rings. The van der Waals surface area contributed by atoms with E-state index in [1.54, 1.807) is 12.1 Å². The summed E-state index contributed by atoms with van der Waals surface area (Å²) in [5.74, 6) is 1.36. The van der Waals surface area contributed by atoms with Crippen LogP contribution >= 0.6 is 0 Å². The molecule has 3 N–H and O–H groups in total. The Labute approximate surface area is 135 Å². The average Bonchev–Trinajstić information content (AvgIpc) is 2.61. The van der Waals surface area contributed by atoms with Crippen molar-refractivity contribution < 1.29 is 14.3 Å². The number of ether oxygens (including phenoxy) is 2. The van der Waals surface area contributed by atoms with Gasteiger partial charge in [0.15, 0.2) is 11.5 Å². The lowest BCUT2D eigenvalue weighted by atomic mass is 10.1. The van der Waals surface area contributed by atoms with Gasteiger partial charge in [0.05, 0.1) is 6.04 Å². The normalized spacial score (nSPS) is 14.2. The Morgan fingerprint density at radius 3 is 2.52 bits per heavy atom. The van der Waals surface area contributed by atoms with Gasteiger partial charge in [0.1, 0.15) is 13.2 Å². The molecule has 0 saturated carbocycles. The molecule has 5 heteroatoms. The summed E-state index contributed by atoms with van der Waals surface area (Å²) in [5, 5.41) is 2.99. The highest BCUT2D eigenvalue weighted by atomic mass is 16.6. The van der Waals surface area contributed by atoms with Crippen molar-refractivity contribution in [2.45, 2.75) is 19.5 Å². The molecule has 1 aliphatic heterocycles. The number of carbonyl (C=O) groups excluding carboxylic acids is 1. The largest absolute Gasteiger partial charge is 0.486 e. The van der Waals surface area contributed by atoms with Crippen LogP contribution < -0.4 is 20.5 Å². The van der Waals surface area contributed by atoms with E-state index in [-0.39, 0.29) is 11.9 Å². The third-order valence-electron chi connectivity index (χ3n) is 3.87. The van der Waals surface area contributed by atoms with Gasteiger partial charge in [0.25, 0.3) is 5.91 Å². The minimum atomic E-state index is -0.132. The molecule has 0 spiro atoms. The van der Waals surface area contributed by atoms with E-state index in [1.807, 2.05) is 37.3 Å². The number of carbonyl (C=O) groups is 1. The van der Waals surface area contributed by atoms with Crippen molar-refractivity contribution in [3.05, 3.63) is 59.2 Å². The molecule has 23 heavy (non-hydrogen) atoms. The second-order valence-corrected chi connectivity index (χ2v) is 5.50. The van der Waals surface area contributed by atoms with Crippen molar-refractivity contribution >= 4 is 5.91 Å². The van der Waals surface area contributed by atoms with Crippen molar-refractivity contribution in [1.82, 2.24) is 5.32 Å². The van der Waals surface area contributed by atoms with Crippen LogP contribution in [-0.2, 0) is 6.54 Å². The Hall–Kier alpha value is -2.53. The molecule has 5 nitrogen and oxygen atoms in total. The topological polar surface area (TPSA) is 73.6 Å². The van der Waals surface area contributed by atoms with E-state index in [9.17, 15) is 4.79 Å². The third-order valence-corrected chi connectivity index (χ3v) is 3.87. The predicted octanol–water partition coefficient (Wildman–Crippen LogP) is 2.41. The highest BCUT2D eigenvalue weighted by Gasteiger charge is 2.16. The van der Waals surface area contributed by atoms with Crippen molar-refractivity contribution in [2.75, 3.05) is 13.2 Å². The maximum absolute atomic E-state index is 12.3. The lowest BCUT2D eigenvalue weighted by Gasteiger charge is -2.21. The molecule has 0 saturated heterocycles. The van der Waals surface area contributed by atoms with Gasteiger partial charge in [0.2, 0.25) is 0 Å². The summed E-state index contributed by atoms with van der Waals surface area (Å²) in [6.07, 6.45) is 0. The minimum absolute atomic E-state index is 0.115. The highest BCUT2D eigenvalue weighted by molar-refractivity contribution is 5.94. The van der Waals surface area contributed by atoms with Gasteiger partial charge in [-0.1, -0.05) is 18.2 Å². The van der Waals surface area contributed by atoms with E-state index < -0.39 is 0 Å². The van der Waals surface area contributed by atoms with Crippen LogP contribution in [0.25, 0.3) is 0 Å². The van der Waals surface area contributed by atoms with Crippen LogP contribution in [0.4, 0.5) is 0 Å². The molecular formula is C18H20N2O3. The lowest BCUT2D eigenvalue weighted by molar-refractivity contribution is 0.0939. The molecule has 1 unspecified atom stereocenters. The monoisotopic (exact) mass is 312 g/mol. The quantitative estimate of drug-likeness (QED) is 0.909. The standard InChI is InChI=1S/C18H20N2O3/c1-12(15-6-7-16-17(10-15)23-9-8-22-16)20-18(21)14-4-2-13(11-19)3-5-14/h2-7,10,12H,8-9,11,19H2,1H3,(H,20,21).